The highest BCUT2D eigenvalue weighted by molar-refractivity contribution is 8.14. The summed E-state index contributed by atoms with van der Waals surface area (Å²) in [6.07, 6.45) is 6.90. The van der Waals surface area contributed by atoms with Crippen LogP contribution in [0, 0.1) is 0 Å². The number of aliphatic imine (C=N–C) groups is 1. The third-order valence-corrected chi connectivity index (χ3v) is 6.43. The summed E-state index contributed by atoms with van der Waals surface area (Å²) < 4.78 is 2.19. The van der Waals surface area contributed by atoms with Crippen molar-refractivity contribution in [3.05, 3.63) is 78.5 Å². The van der Waals surface area contributed by atoms with Crippen LogP contribution in [0.5, 0.6) is 0 Å². The number of aromatic nitrogens is 3. The van der Waals surface area contributed by atoms with Gasteiger partial charge in [0, 0.05) is 36.1 Å². The minimum Gasteiger partial charge on any atom is -0.337 e. The van der Waals surface area contributed by atoms with Crippen molar-refractivity contribution in [3.8, 4) is 5.82 Å². The molecule has 3 atom stereocenters. The summed E-state index contributed by atoms with van der Waals surface area (Å²) in [5, 5.41) is 1.15. The van der Waals surface area contributed by atoms with Crippen molar-refractivity contribution in [2.45, 2.75) is 31.5 Å². The second kappa shape index (κ2) is 6.85. The van der Waals surface area contributed by atoms with E-state index >= 15 is 0 Å². The van der Waals surface area contributed by atoms with Crippen molar-refractivity contribution >= 4 is 16.9 Å². The van der Waals surface area contributed by atoms with Gasteiger partial charge in [-0.3, -0.25) is 9.98 Å². The van der Waals surface area contributed by atoms with E-state index in [9.17, 15) is 0 Å². The Hall–Kier alpha value is -2.60. The Morgan fingerprint density at radius 3 is 2.63 bits per heavy atom. The molecule has 5 nitrogen and oxygen atoms in total. The highest BCUT2D eigenvalue weighted by atomic mass is 32.2. The van der Waals surface area contributed by atoms with Crippen LogP contribution in [0.2, 0.25) is 0 Å². The van der Waals surface area contributed by atoms with Gasteiger partial charge in [0.25, 0.3) is 0 Å². The number of pyridine rings is 2. The van der Waals surface area contributed by atoms with E-state index in [1.165, 1.54) is 5.69 Å². The van der Waals surface area contributed by atoms with Gasteiger partial charge in [-0.15, -0.1) is 0 Å². The summed E-state index contributed by atoms with van der Waals surface area (Å²) in [6, 6.07) is 17.0. The highest BCUT2D eigenvalue weighted by Gasteiger charge is 2.46. The molecule has 0 radical (unpaired) electrons. The Morgan fingerprint density at radius 1 is 1.04 bits per heavy atom. The summed E-state index contributed by atoms with van der Waals surface area (Å²) in [5.41, 5.74) is 2.23. The molecular formula is C21H21N5S. The summed E-state index contributed by atoms with van der Waals surface area (Å²) in [4.78, 5) is 16.8. The van der Waals surface area contributed by atoms with E-state index in [0.29, 0.717) is 6.04 Å². The van der Waals surface area contributed by atoms with Gasteiger partial charge >= 0.3 is 0 Å². The maximum atomic E-state index is 5.10. The van der Waals surface area contributed by atoms with Gasteiger partial charge in [-0.1, -0.05) is 30.8 Å². The first-order chi connectivity index (χ1) is 13.4. The zero-order valence-electron chi connectivity index (χ0n) is 15.1. The Balaban J connectivity index is 1.63. The molecule has 27 heavy (non-hydrogen) atoms. The molecule has 0 aliphatic carbocycles. The molecular weight excluding hydrogens is 354 g/mol. The van der Waals surface area contributed by atoms with Crippen LogP contribution in [0.3, 0.4) is 0 Å². The summed E-state index contributed by atoms with van der Waals surface area (Å²) >= 11 is 1.87. The van der Waals surface area contributed by atoms with Crippen LogP contribution < -0.4 is 0 Å². The fourth-order valence-corrected chi connectivity index (χ4v) is 5.35. The van der Waals surface area contributed by atoms with Crippen molar-refractivity contribution in [3.63, 3.8) is 0 Å². The maximum Gasteiger partial charge on any atom is 0.160 e. The fourth-order valence-electron chi connectivity index (χ4n) is 4.01. The molecule has 3 aromatic heterocycles. The van der Waals surface area contributed by atoms with E-state index in [1.54, 1.807) is 0 Å². The van der Waals surface area contributed by atoms with Crippen LogP contribution in [-0.4, -0.2) is 36.4 Å². The lowest BCUT2D eigenvalue weighted by Gasteiger charge is -2.32. The number of rotatable bonds is 4. The molecule has 136 valence electrons. The van der Waals surface area contributed by atoms with Gasteiger partial charge in [0.1, 0.15) is 17.9 Å². The largest absolute Gasteiger partial charge is 0.337 e. The van der Waals surface area contributed by atoms with Crippen molar-refractivity contribution in [1.29, 1.82) is 0 Å². The van der Waals surface area contributed by atoms with Crippen molar-refractivity contribution < 1.29 is 0 Å². The number of nitrogens with zero attached hydrogens (tertiary/aromatic N) is 5. The minimum atomic E-state index is 0.000382. The number of fused-ring (bicyclic) bond motifs is 1. The van der Waals surface area contributed by atoms with Gasteiger partial charge in [-0.25, -0.2) is 4.98 Å². The molecule has 3 aromatic rings. The first kappa shape index (κ1) is 16.6. The highest BCUT2D eigenvalue weighted by Crippen LogP contribution is 2.48. The molecule has 1 saturated heterocycles. The lowest BCUT2D eigenvalue weighted by Crippen LogP contribution is -2.36. The molecule has 0 saturated carbocycles. The zero-order valence-corrected chi connectivity index (χ0v) is 16.0. The quantitative estimate of drug-likeness (QED) is 0.684. The predicted octanol–water partition coefficient (Wildman–Crippen LogP) is 4.25. The van der Waals surface area contributed by atoms with E-state index in [1.807, 2.05) is 54.5 Å². The molecule has 6 heteroatoms. The summed E-state index contributed by atoms with van der Waals surface area (Å²) in [6.45, 7) is 2.26. The monoisotopic (exact) mass is 375 g/mol. The number of hydrogen-bond acceptors (Lipinski definition) is 5. The second-order valence-electron chi connectivity index (χ2n) is 6.83. The topological polar surface area (TPSA) is 46.3 Å². The van der Waals surface area contributed by atoms with E-state index in [0.717, 1.165) is 28.9 Å². The zero-order chi connectivity index (χ0) is 18.2. The molecule has 5 rings (SSSR count). The minimum absolute atomic E-state index is 0.000382. The van der Waals surface area contributed by atoms with Crippen LogP contribution in [0.1, 0.15) is 36.8 Å². The smallest absolute Gasteiger partial charge is 0.160 e. The van der Waals surface area contributed by atoms with Gasteiger partial charge in [0.15, 0.2) is 5.17 Å². The van der Waals surface area contributed by atoms with E-state index in [4.69, 9.17) is 4.99 Å². The van der Waals surface area contributed by atoms with Gasteiger partial charge in [-0.2, -0.15) is 0 Å². The van der Waals surface area contributed by atoms with Gasteiger partial charge in [0.05, 0.1) is 5.69 Å². The fraction of sp³-hybridized carbons (Fsp3) is 0.286. The average Bonchev–Trinajstić information content (AvgIpc) is 3.44. The normalized spacial score (nSPS) is 24.1. The first-order valence-corrected chi connectivity index (χ1v) is 10.3. The van der Waals surface area contributed by atoms with Crippen LogP contribution >= 0.6 is 11.8 Å². The molecule has 2 aliphatic heterocycles. The summed E-state index contributed by atoms with van der Waals surface area (Å²) in [5.74, 6) is 2.04. The SMILES string of the molecule is CC[C@@H]1CSC2=N[C@@H](c3ccccn3)[C@H](c3cccn3-c3ccccn3)N21. The van der Waals surface area contributed by atoms with Crippen LogP contribution in [0.4, 0.5) is 0 Å². The molecule has 1 fully saturated rings. The molecule has 5 heterocycles. The Morgan fingerprint density at radius 2 is 1.89 bits per heavy atom. The third-order valence-electron chi connectivity index (χ3n) is 5.31. The van der Waals surface area contributed by atoms with Crippen molar-refractivity contribution in [2.24, 2.45) is 4.99 Å². The van der Waals surface area contributed by atoms with Crippen molar-refractivity contribution in [1.82, 2.24) is 19.4 Å². The Bertz CT molecular complexity index is 953. The first-order valence-electron chi connectivity index (χ1n) is 9.35. The Labute approximate surface area is 163 Å². The van der Waals surface area contributed by atoms with Gasteiger partial charge in [-0.05, 0) is 42.8 Å². The molecule has 0 aromatic carbocycles. The van der Waals surface area contributed by atoms with Crippen LogP contribution in [-0.2, 0) is 0 Å². The van der Waals surface area contributed by atoms with Gasteiger partial charge < -0.3 is 9.47 Å². The molecule has 2 aliphatic rings. The molecule has 0 N–H and O–H groups in total. The van der Waals surface area contributed by atoms with E-state index in [2.05, 4.69) is 50.8 Å². The third kappa shape index (κ3) is 2.75. The lowest BCUT2D eigenvalue weighted by atomic mass is 9.99. The standard InChI is InChI=1S/C21H21N5S/c1-2-15-14-27-21-24-19(16-8-3-5-11-22-16)20(26(15)21)17-9-7-13-25(17)18-10-4-6-12-23-18/h3-13,15,19-20H,2,14H2,1H3/t15-,19+,20+/m1/s1. The number of hydrogen-bond donors (Lipinski definition) is 0. The maximum absolute atomic E-state index is 5.10. The Kier molecular flexibility index (Phi) is 4.20. The lowest BCUT2D eigenvalue weighted by molar-refractivity contribution is 0.248. The molecule has 0 bridgehead atoms. The number of thioether (sulfide) groups is 1. The summed E-state index contributed by atoms with van der Waals surface area (Å²) in [7, 11) is 0. The molecule has 0 spiro atoms. The molecule has 0 amide bonds. The van der Waals surface area contributed by atoms with E-state index in [-0.39, 0.29) is 12.1 Å². The second-order valence-corrected chi connectivity index (χ2v) is 7.81. The predicted molar refractivity (Wildman–Crippen MR) is 109 cm³/mol. The van der Waals surface area contributed by atoms with Gasteiger partial charge in [0.2, 0.25) is 0 Å². The average molecular weight is 376 g/mol. The number of amidine groups is 1. The van der Waals surface area contributed by atoms with Crippen LogP contribution in [0.25, 0.3) is 5.82 Å². The van der Waals surface area contributed by atoms with E-state index < -0.39 is 0 Å². The van der Waals surface area contributed by atoms with Crippen molar-refractivity contribution in [2.75, 3.05) is 5.75 Å². The van der Waals surface area contributed by atoms with Crippen LogP contribution in [0.15, 0.2) is 72.1 Å². The molecule has 0 unspecified atom stereocenters.